The maximum Gasteiger partial charge on any atom is 0.287 e. The van der Waals surface area contributed by atoms with E-state index in [0.717, 1.165) is 6.20 Å². The van der Waals surface area contributed by atoms with Crippen LogP contribution >= 0.6 is 0 Å². The van der Waals surface area contributed by atoms with E-state index in [1.807, 2.05) is 0 Å². The number of hydrogen-bond donors (Lipinski definition) is 0. The summed E-state index contributed by atoms with van der Waals surface area (Å²) in [5.41, 5.74) is -0.0933. The van der Waals surface area contributed by atoms with Gasteiger partial charge in [0.15, 0.2) is 0 Å². The smallest absolute Gasteiger partial charge is 0.258 e. The van der Waals surface area contributed by atoms with Crippen molar-refractivity contribution < 1.29 is 9.13 Å². The zero-order valence-corrected chi connectivity index (χ0v) is 7.08. The Labute approximate surface area is 71.0 Å². The first-order valence-corrected chi connectivity index (χ1v) is 4.61. The zero-order chi connectivity index (χ0) is 9.14. The van der Waals surface area contributed by atoms with Gasteiger partial charge in [0.2, 0.25) is 0 Å². The van der Waals surface area contributed by atoms with E-state index in [-0.39, 0.29) is 5.69 Å². The molecule has 0 aliphatic heterocycles. The van der Waals surface area contributed by atoms with Crippen molar-refractivity contribution in [3.8, 4) is 0 Å². The van der Waals surface area contributed by atoms with Crippen molar-refractivity contribution in [1.29, 1.82) is 0 Å². The molecule has 12 heavy (non-hydrogen) atoms. The van der Waals surface area contributed by atoms with Gasteiger partial charge in [-0.15, -0.1) is 0 Å². The van der Waals surface area contributed by atoms with E-state index in [1.165, 1.54) is 18.4 Å². The second-order valence-electron chi connectivity index (χ2n) is 2.07. The number of nitrogens with zero attached hydrogens (tertiary/aromatic N) is 2. The summed E-state index contributed by atoms with van der Waals surface area (Å²) in [6.45, 7) is 0. The maximum atomic E-state index is 10.8. The molecule has 0 aromatic carbocycles. The Kier molecular flexibility index (Phi) is 2.49. The lowest BCUT2D eigenvalue weighted by Crippen LogP contribution is -1.94. The first kappa shape index (κ1) is 8.79. The molecule has 0 bridgehead atoms. The molecule has 1 unspecified atom stereocenters. The molecule has 0 N–H and O–H groups in total. The summed E-state index contributed by atoms with van der Waals surface area (Å²) in [5, 5.41) is 10.5. The van der Waals surface area contributed by atoms with Crippen LogP contribution in [-0.2, 0) is 10.8 Å². The normalized spacial score (nSPS) is 12.4. The van der Waals surface area contributed by atoms with Crippen LogP contribution in [0.1, 0.15) is 0 Å². The van der Waals surface area contributed by atoms with Crippen molar-refractivity contribution in [2.75, 3.05) is 6.26 Å². The summed E-state index contributed by atoms with van der Waals surface area (Å²) in [7, 11) is -1.18. The number of rotatable bonds is 2. The molecule has 0 spiro atoms. The SMILES string of the molecule is CS(=O)c1ccc([N+](=O)[O-])cn1. The Morgan fingerprint density at radius 1 is 1.58 bits per heavy atom. The average Bonchev–Trinajstić information content (AvgIpc) is 2.04. The number of aromatic nitrogens is 1. The Morgan fingerprint density at radius 2 is 2.25 bits per heavy atom. The third-order valence-electron chi connectivity index (χ3n) is 1.23. The Bertz CT molecular complexity index is 289. The monoisotopic (exact) mass is 186 g/mol. The molecule has 1 rings (SSSR count). The van der Waals surface area contributed by atoms with Gasteiger partial charge in [-0.3, -0.25) is 14.3 Å². The molecule has 1 aromatic heterocycles. The van der Waals surface area contributed by atoms with Gasteiger partial charge in [-0.05, 0) is 6.07 Å². The van der Waals surface area contributed by atoms with Crippen LogP contribution in [0.25, 0.3) is 0 Å². The number of pyridine rings is 1. The van der Waals surface area contributed by atoms with Gasteiger partial charge in [0, 0.05) is 12.3 Å². The summed E-state index contributed by atoms with van der Waals surface area (Å²) < 4.78 is 10.8. The molecule has 64 valence electrons. The average molecular weight is 186 g/mol. The molecule has 0 aliphatic carbocycles. The molecule has 1 atom stereocenters. The van der Waals surface area contributed by atoms with Crippen LogP contribution in [0.4, 0.5) is 5.69 Å². The highest BCUT2D eigenvalue weighted by molar-refractivity contribution is 7.84. The van der Waals surface area contributed by atoms with E-state index in [2.05, 4.69) is 4.98 Å². The lowest BCUT2D eigenvalue weighted by Gasteiger charge is -1.93. The second-order valence-corrected chi connectivity index (χ2v) is 3.39. The summed E-state index contributed by atoms with van der Waals surface area (Å²) >= 11 is 0. The Balaban J connectivity index is 3.01. The van der Waals surface area contributed by atoms with Gasteiger partial charge in [-0.25, -0.2) is 4.98 Å². The lowest BCUT2D eigenvalue weighted by atomic mass is 10.4. The molecular formula is C6H6N2O3S. The van der Waals surface area contributed by atoms with Crippen LogP contribution in [0.15, 0.2) is 23.4 Å². The highest BCUT2D eigenvalue weighted by Crippen LogP contribution is 2.09. The van der Waals surface area contributed by atoms with E-state index >= 15 is 0 Å². The number of hydrogen-bond acceptors (Lipinski definition) is 4. The molecular weight excluding hydrogens is 180 g/mol. The third kappa shape index (κ3) is 1.85. The Hall–Kier alpha value is -1.30. The van der Waals surface area contributed by atoms with Gasteiger partial charge >= 0.3 is 0 Å². The molecule has 1 heterocycles. The first-order chi connectivity index (χ1) is 5.61. The first-order valence-electron chi connectivity index (χ1n) is 3.05. The summed E-state index contributed by atoms with van der Waals surface area (Å²) in [6, 6.07) is 2.66. The number of nitro groups is 1. The van der Waals surface area contributed by atoms with Crippen molar-refractivity contribution in [3.05, 3.63) is 28.4 Å². The van der Waals surface area contributed by atoms with Crippen LogP contribution in [0.5, 0.6) is 0 Å². The van der Waals surface area contributed by atoms with E-state index in [4.69, 9.17) is 0 Å². The fraction of sp³-hybridized carbons (Fsp3) is 0.167. The molecule has 0 radical (unpaired) electrons. The van der Waals surface area contributed by atoms with Gasteiger partial charge in [0.25, 0.3) is 5.69 Å². The maximum absolute atomic E-state index is 10.8. The fourth-order valence-electron chi connectivity index (χ4n) is 0.651. The highest BCUT2D eigenvalue weighted by Gasteiger charge is 2.06. The standard InChI is InChI=1S/C6H6N2O3S/c1-12(11)6-3-2-5(4-7-6)8(9)10/h2-4H,1H3. The molecule has 0 fully saturated rings. The Morgan fingerprint density at radius 3 is 2.58 bits per heavy atom. The summed E-state index contributed by atoms with van der Waals surface area (Å²) in [4.78, 5) is 13.3. The van der Waals surface area contributed by atoms with Crippen LogP contribution < -0.4 is 0 Å². The van der Waals surface area contributed by atoms with Crippen molar-refractivity contribution in [3.63, 3.8) is 0 Å². The van der Waals surface area contributed by atoms with Crippen LogP contribution in [0.3, 0.4) is 0 Å². The van der Waals surface area contributed by atoms with Crippen LogP contribution in [0, 0.1) is 10.1 Å². The van der Waals surface area contributed by atoms with Gasteiger partial charge in [-0.1, -0.05) is 0 Å². The van der Waals surface area contributed by atoms with E-state index in [0.29, 0.717) is 5.03 Å². The van der Waals surface area contributed by atoms with E-state index < -0.39 is 15.7 Å². The minimum absolute atomic E-state index is 0.0933. The van der Waals surface area contributed by atoms with Crippen molar-refractivity contribution in [2.45, 2.75) is 5.03 Å². The summed E-state index contributed by atoms with van der Waals surface area (Å²) in [6.07, 6.45) is 2.56. The second kappa shape index (κ2) is 3.40. The van der Waals surface area contributed by atoms with Gasteiger partial charge < -0.3 is 0 Å². The molecule has 0 amide bonds. The van der Waals surface area contributed by atoms with Crippen LogP contribution in [-0.4, -0.2) is 20.4 Å². The zero-order valence-electron chi connectivity index (χ0n) is 6.26. The largest absolute Gasteiger partial charge is 0.287 e. The van der Waals surface area contributed by atoms with Crippen molar-refractivity contribution in [2.24, 2.45) is 0 Å². The van der Waals surface area contributed by atoms with E-state index in [9.17, 15) is 14.3 Å². The van der Waals surface area contributed by atoms with E-state index in [1.54, 1.807) is 0 Å². The summed E-state index contributed by atoms with van der Waals surface area (Å²) in [5.74, 6) is 0. The van der Waals surface area contributed by atoms with Crippen LogP contribution in [0.2, 0.25) is 0 Å². The third-order valence-corrected chi connectivity index (χ3v) is 2.06. The molecule has 5 nitrogen and oxygen atoms in total. The molecule has 0 aliphatic rings. The minimum Gasteiger partial charge on any atom is -0.258 e. The lowest BCUT2D eigenvalue weighted by molar-refractivity contribution is -0.385. The molecule has 6 heteroatoms. The molecule has 0 saturated heterocycles. The van der Waals surface area contributed by atoms with Gasteiger partial charge in [-0.2, -0.15) is 0 Å². The minimum atomic E-state index is -1.18. The van der Waals surface area contributed by atoms with Gasteiger partial charge in [0.05, 0.1) is 15.7 Å². The van der Waals surface area contributed by atoms with Crippen molar-refractivity contribution >= 4 is 16.5 Å². The highest BCUT2D eigenvalue weighted by atomic mass is 32.2. The predicted octanol–water partition coefficient (Wildman–Crippen LogP) is 0.727. The quantitative estimate of drug-likeness (QED) is 0.504. The fourth-order valence-corrected chi connectivity index (χ4v) is 1.11. The molecule has 0 saturated carbocycles. The predicted molar refractivity (Wildman–Crippen MR) is 43.2 cm³/mol. The van der Waals surface area contributed by atoms with Crippen molar-refractivity contribution in [1.82, 2.24) is 4.98 Å². The molecule has 1 aromatic rings. The topological polar surface area (TPSA) is 73.1 Å². The van der Waals surface area contributed by atoms with Gasteiger partial charge in [0.1, 0.15) is 11.2 Å².